The maximum atomic E-state index is 11.6. The lowest BCUT2D eigenvalue weighted by molar-refractivity contribution is 0.415. The number of pyridine rings is 1. The summed E-state index contributed by atoms with van der Waals surface area (Å²) in [4.78, 5) is 18.8. The first-order valence-electron chi connectivity index (χ1n) is 7.11. The zero-order valence-electron chi connectivity index (χ0n) is 13.1. The summed E-state index contributed by atoms with van der Waals surface area (Å²) >= 11 is 1.45. The number of thiazole rings is 1. The quantitative estimate of drug-likeness (QED) is 0.760. The average molecular weight is 338 g/mol. The maximum absolute atomic E-state index is 11.6. The molecule has 3 rings (SSSR count). The predicted octanol–water partition coefficient (Wildman–Crippen LogP) is 3.43. The lowest BCUT2D eigenvalue weighted by Gasteiger charge is -2.04. The lowest BCUT2D eigenvalue weighted by atomic mass is 10.1. The SMILES string of the molecule is COc1ccc(Nc2nc(-c3cc(C#N)c(=O)[nH]c3C)cs2)cc1. The fraction of sp³-hybridized carbons (Fsp3) is 0.118. The molecule has 120 valence electrons. The highest BCUT2D eigenvalue weighted by atomic mass is 32.1. The molecule has 24 heavy (non-hydrogen) atoms. The molecule has 0 saturated heterocycles. The number of benzene rings is 1. The fourth-order valence-electron chi connectivity index (χ4n) is 2.22. The molecule has 0 aliphatic rings. The highest BCUT2D eigenvalue weighted by Gasteiger charge is 2.11. The molecule has 2 aromatic heterocycles. The number of ether oxygens (including phenoxy) is 1. The third-order valence-electron chi connectivity index (χ3n) is 3.48. The molecule has 2 heterocycles. The maximum Gasteiger partial charge on any atom is 0.266 e. The van der Waals surface area contributed by atoms with E-state index in [2.05, 4.69) is 15.3 Å². The lowest BCUT2D eigenvalue weighted by Crippen LogP contribution is -2.12. The van der Waals surface area contributed by atoms with Crippen molar-refractivity contribution >= 4 is 22.2 Å². The van der Waals surface area contributed by atoms with Gasteiger partial charge in [0.25, 0.3) is 5.56 Å². The number of aryl methyl sites for hydroxylation is 1. The molecular formula is C17H14N4O2S. The third-order valence-corrected chi connectivity index (χ3v) is 4.24. The highest BCUT2D eigenvalue weighted by Crippen LogP contribution is 2.29. The summed E-state index contributed by atoms with van der Waals surface area (Å²) in [5.41, 5.74) is 2.72. The molecule has 0 saturated carbocycles. The van der Waals surface area contributed by atoms with Gasteiger partial charge in [-0.2, -0.15) is 5.26 Å². The van der Waals surface area contributed by atoms with Crippen molar-refractivity contribution in [3.05, 3.63) is 57.3 Å². The Morgan fingerprint density at radius 3 is 2.75 bits per heavy atom. The van der Waals surface area contributed by atoms with Crippen LogP contribution < -0.4 is 15.6 Å². The Kier molecular flexibility index (Phi) is 4.31. The van der Waals surface area contributed by atoms with Crippen molar-refractivity contribution in [2.75, 3.05) is 12.4 Å². The number of hydrogen-bond acceptors (Lipinski definition) is 6. The van der Waals surface area contributed by atoms with E-state index in [0.29, 0.717) is 11.4 Å². The van der Waals surface area contributed by atoms with Gasteiger partial charge in [-0.15, -0.1) is 11.3 Å². The average Bonchev–Trinajstić information content (AvgIpc) is 3.04. The smallest absolute Gasteiger partial charge is 0.266 e. The monoisotopic (exact) mass is 338 g/mol. The Labute approximate surface area is 142 Å². The van der Waals surface area contributed by atoms with Crippen LogP contribution in [0, 0.1) is 18.3 Å². The normalized spacial score (nSPS) is 10.2. The molecule has 0 bridgehead atoms. The van der Waals surface area contributed by atoms with Gasteiger partial charge in [0.05, 0.1) is 12.8 Å². The number of nitrogens with zero attached hydrogens (tertiary/aromatic N) is 2. The minimum Gasteiger partial charge on any atom is -0.497 e. The standard InChI is InChI=1S/C17H14N4O2S/c1-10-14(7-11(8-18)16(22)19-10)15-9-24-17(21-15)20-12-3-5-13(23-2)6-4-12/h3-7,9H,1-2H3,(H,19,22)(H,20,21). The Morgan fingerprint density at radius 1 is 1.33 bits per heavy atom. The van der Waals surface area contributed by atoms with Crippen molar-refractivity contribution in [3.8, 4) is 23.1 Å². The second-order valence-corrected chi connectivity index (χ2v) is 5.91. The van der Waals surface area contributed by atoms with Crippen molar-refractivity contribution in [2.24, 2.45) is 0 Å². The number of methoxy groups -OCH3 is 1. The van der Waals surface area contributed by atoms with Crippen molar-refractivity contribution in [1.29, 1.82) is 5.26 Å². The number of H-pyrrole nitrogens is 1. The first-order valence-corrected chi connectivity index (χ1v) is 7.99. The molecule has 7 heteroatoms. The highest BCUT2D eigenvalue weighted by molar-refractivity contribution is 7.14. The van der Waals surface area contributed by atoms with E-state index < -0.39 is 0 Å². The number of nitriles is 1. The largest absolute Gasteiger partial charge is 0.497 e. The Balaban J connectivity index is 1.88. The summed E-state index contributed by atoms with van der Waals surface area (Å²) in [5.74, 6) is 0.785. The van der Waals surface area contributed by atoms with E-state index in [1.807, 2.05) is 35.7 Å². The van der Waals surface area contributed by atoms with Crippen molar-refractivity contribution in [2.45, 2.75) is 6.92 Å². The van der Waals surface area contributed by atoms with Crippen LogP contribution in [0.5, 0.6) is 5.75 Å². The van der Waals surface area contributed by atoms with Crippen molar-refractivity contribution in [1.82, 2.24) is 9.97 Å². The summed E-state index contributed by atoms with van der Waals surface area (Å²) in [5, 5.41) is 14.8. The van der Waals surface area contributed by atoms with E-state index in [9.17, 15) is 4.79 Å². The van der Waals surface area contributed by atoms with Crippen molar-refractivity contribution < 1.29 is 4.74 Å². The molecule has 0 radical (unpaired) electrons. The van der Waals surface area contributed by atoms with Gasteiger partial charge in [-0.1, -0.05) is 0 Å². The molecule has 0 spiro atoms. The van der Waals surface area contributed by atoms with Gasteiger partial charge in [-0.3, -0.25) is 4.79 Å². The van der Waals surface area contributed by atoms with Gasteiger partial charge >= 0.3 is 0 Å². The van der Waals surface area contributed by atoms with Crippen LogP contribution in [-0.4, -0.2) is 17.1 Å². The molecule has 0 aliphatic carbocycles. The van der Waals surface area contributed by atoms with E-state index >= 15 is 0 Å². The summed E-state index contributed by atoms with van der Waals surface area (Å²) in [6, 6.07) is 11.0. The Morgan fingerprint density at radius 2 is 2.08 bits per heavy atom. The molecule has 0 amide bonds. The van der Waals surface area contributed by atoms with Gasteiger partial charge in [-0.05, 0) is 37.3 Å². The van der Waals surface area contributed by atoms with Crippen LogP contribution in [0.15, 0.2) is 40.5 Å². The van der Waals surface area contributed by atoms with Crippen LogP contribution in [0.25, 0.3) is 11.3 Å². The number of hydrogen-bond donors (Lipinski definition) is 2. The molecule has 2 N–H and O–H groups in total. The molecule has 0 fully saturated rings. The van der Waals surface area contributed by atoms with E-state index in [1.54, 1.807) is 20.1 Å². The van der Waals surface area contributed by atoms with Gasteiger partial charge in [-0.25, -0.2) is 4.98 Å². The number of rotatable bonds is 4. The van der Waals surface area contributed by atoms with E-state index in [-0.39, 0.29) is 11.1 Å². The van der Waals surface area contributed by atoms with Gasteiger partial charge in [0, 0.05) is 22.3 Å². The van der Waals surface area contributed by atoms with E-state index in [0.717, 1.165) is 22.1 Å². The molecule has 6 nitrogen and oxygen atoms in total. The second kappa shape index (κ2) is 6.56. The molecule has 3 aromatic rings. The van der Waals surface area contributed by atoms with Gasteiger partial charge in [0.2, 0.25) is 0 Å². The van der Waals surface area contributed by atoms with E-state index in [1.165, 1.54) is 11.3 Å². The third kappa shape index (κ3) is 3.14. The molecule has 0 atom stereocenters. The van der Waals surface area contributed by atoms with Gasteiger partial charge in [0.15, 0.2) is 5.13 Å². The second-order valence-electron chi connectivity index (χ2n) is 5.05. The minimum absolute atomic E-state index is 0.0771. The predicted molar refractivity (Wildman–Crippen MR) is 93.9 cm³/mol. The molecular weight excluding hydrogens is 324 g/mol. The minimum atomic E-state index is -0.384. The summed E-state index contributed by atoms with van der Waals surface area (Å²) in [6.45, 7) is 1.79. The number of aromatic amines is 1. The van der Waals surface area contributed by atoms with Crippen LogP contribution >= 0.6 is 11.3 Å². The van der Waals surface area contributed by atoms with Gasteiger partial charge < -0.3 is 15.0 Å². The van der Waals surface area contributed by atoms with Crippen LogP contribution in [0.4, 0.5) is 10.8 Å². The summed E-state index contributed by atoms with van der Waals surface area (Å²) in [7, 11) is 1.62. The first kappa shape index (κ1) is 15.8. The zero-order valence-corrected chi connectivity index (χ0v) is 13.9. The topological polar surface area (TPSA) is 90.8 Å². The van der Waals surface area contributed by atoms with Crippen molar-refractivity contribution in [3.63, 3.8) is 0 Å². The fourth-order valence-corrected chi connectivity index (χ4v) is 2.96. The molecule has 0 aliphatic heterocycles. The van der Waals surface area contributed by atoms with Gasteiger partial charge in [0.1, 0.15) is 17.4 Å². The first-order chi connectivity index (χ1) is 11.6. The van der Waals surface area contributed by atoms with E-state index in [4.69, 9.17) is 10.00 Å². The zero-order chi connectivity index (χ0) is 17.1. The molecule has 0 unspecified atom stereocenters. The molecule has 1 aromatic carbocycles. The van der Waals surface area contributed by atoms with Crippen LogP contribution in [0.3, 0.4) is 0 Å². The summed E-state index contributed by atoms with van der Waals surface area (Å²) < 4.78 is 5.13. The Bertz CT molecular complexity index is 967. The number of nitrogens with one attached hydrogen (secondary N) is 2. The van der Waals surface area contributed by atoms with Crippen LogP contribution in [-0.2, 0) is 0 Å². The summed E-state index contributed by atoms with van der Waals surface area (Å²) in [6.07, 6.45) is 0. The number of anilines is 2. The number of aromatic nitrogens is 2. The van der Waals surface area contributed by atoms with Crippen LogP contribution in [0.2, 0.25) is 0 Å². The Hall–Kier alpha value is -3.11. The van der Waals surface area contributed by atoms with Crippen LogP contribution in [0.1, 0.15) is 11.3 Å².